The van der Waals surface area contributed by atoms with Crippen molar-refractivity contribution in [2.24, 2.45) is 0 Å². The van der Waals surface area contributed by atoms with Crippen LogP contribution in [0.2, 0.25) is 0 Å². The molecule has 3 rings (SSSR count). The van der Waals surface area contributed by atoms with E-state index in [0.717, 1.165) is 10.8 Å². The second-order valence-corrected chi connectivity index (χ2v) is 5.43. The Labute approximate surface area is 139 Å². The Morgan fingerprint density at radius 1 is 0.917 bits per heavy atom. The Morgan fingerprint density at radius 2 is 1.62 bits per heavy atom. The van der Waals surface area contributed by atoms with Crippen molar-refractivity contribution >= 4 is 22.3 Å². The first-order valence-corrected chi connectivity index (χ1v) is 7.51. The molecule has 0 heterocycles. The lowest BCUT2D eigenvalue weighted by atomic mass is 9.96. The molecule has 0 unspecified atom stereocenters. The highest BCUT2D eigenvalue weighted by Crippen LogP contribution is 2.26. The summed E-state index contributed by atoms with van der Waals surface area (Å²) < 4.78 is 4.99. The van der Waals surface area contributed by atoms with Crippen LogP contribution in [-0.4, -0.2) is 23.8 Å². The molecule has 0 aliphatic carbocycles. The molecule has 24 heavy (non-hydrogen) atoms. The fourth-order valence-corrected chi connectivity index (χ4v) is 2.68. The molecule has 0 radical (unpaired) electrons. The molecule has 1 N–H and O–H groups in total. The van der Waals surface area contributed by atoms with Crippen LogP contribution in [-0.2, 0) is 0 Å². The van der Waals surface area contributed by atoms with Crippen molar-refractivity contribution in [3.05, 3.63) is 71.8 Å². The van der Waals surface area contributed by atoms with Crippen LogP contribution in [0.3, 0.4) is 0 Å². The molecular formula is C20H16O4. The molecule has 0 amide bonds. The van der Waals surface area contributed by atoms with Crippen LogP contribution in [0.15, 0.2) is 60.7 Å². The average molecular weight is 320 g/mol. The molecule has 0 aliphatic rings. The summed E-state index contributed by atoms with van der Waals surface area (Å²) >= 11 is 0. The number of phenols is 1. The SMILES string of the molecule is COc1ccc(C(=O)CC(=O)c2cccc3ccccc23)c(O)c1. The number of rotatable bonds is 5. The molecule has 0 fully saturated rings. The normalized spacial score (nSPS) is 10.5. The van der Waals surface area contributed by atoms with E-state index in [1.807, 2.05) is 30.3 Å². The van der Waals surface area contributed by atoms with Gasteiger partial charge in [0.15, 0.2) is 11.6 Å². The Kier molecular flexibility index (Phi) is 4.29. The van der Waals surface area contributed by atoms with Gasteiger partial charge in [0.1, 0.15) is 11.5 Å². The minimum absolute atomic E-state index is 0.115. The molecule has 4 nitrogen and oxygen atoms in total. The summed E-state index contributed by atoms with van der Waals surface area (Å²) in [6, 6.07) is 17.4. The average Bonchev–Trinajstić information content (AvgIpc) is 2.60. The summed E-state index contributed by atoms with van der Waals surface area (Å²) in [5, 5.41) is 11.7. The van der Waals surface area contributed by atoms with Gasteiger partial charge in [0, 0.05) is 11.6 Å². The number of carbonyl (C=O) groups is 2. The summed E-state index contributed by atoms with van der Waals surface area (Å²) in [6.45, 7) is 0. The van der Waals surface area contributed by atoms with Gasteiger partial charge < -0.3 is 9.84 Å². The van der Waals surface area contributed by atoms with E-state index in [1.54, 1.807) is 18.2 Å². The first-order chi connectivity index (χ1) is 11.6. The highest BCUT2D eigenvalue weighted by Gasteiger charge is 2.18. The zero-order valence-corrected chi connectivity index (χ0v) is 13.2. The Morgan fingerprint density at radius 3 is 2.38 bits per heavy atom. The molecule has 0 saturated heterocycles. The zero-order chi connectivity index (χ0) is 17.1. The Hall–Kier alpha value is -3.14. The third kappa shape index (κ3) is 2.99. The fourth-order valence-electron chi connectivity index (χ4n) is 2.68. The maximum atomic E-state index is 12.5. The van der Waals surface area contributed by atoms with Crippen molar-refractivity contribution in [2.75, 3.05) is 7.11 Å². The summed E-state index contributed by atoms with van der Waals surface area (Å²) in [5.74, 6) is -0.436. The van der Waals surface area contributed by atoms with E-state index in [0.29, 0.717) is 11.3 Å². The van der Waals surface area contributed by atoms with Crippen molar-refractivity contribution in [3.8, 4) is 11.5 Å². The number of fused-ring (bicyclic) bond motifs is 1. The Bertz CT molecular complexity index is 923. The molecule has 120 valence electrons. The van der Waals surface area contributed by atoms with Crippen LogP contribution in [0.1, 0.15) is 27.1 Å². The number of ether oxygens (including phenoxy) is 1. The van der Waals surface area contributed by atoms with E-state index in [2.05, 4.69) is 0 Å². The van der Waals surface area contributed by atoms with Gasteiger partial charge >= 0.3 is 0 Å². The van der Waals surface area contributed by atoms with Gasteiger partial charge in [-0.1, -0.05) is 42.5 Å². The predicted molar refractivity (Wildman–Crippen MR) is 91.9 cm³/mol. The topological polar surface area (TPSA) is 63.6 Å². The van der Waals surface area contributed by atoms with Gasteiger partial charge in [0.05, 0.1) is 19.1 Å². The number of phenolic OH excluding ortho intramolecular Hbond substituents is 1. The third-order valence-electron chi connectivity index (χ3n) is 3.92. The number of carbonyl (C=O) groups excluding carboxylic acids is 2. The van der Waals surface area contributed by atoms with E-state index < -0.39 is 5.78 Å². The fraction of sp³-hybridized carbons (Fsp3) is 0.100. The van der Waals surface area contributed by atoms with Gasteiger partial charge in [-0.2, -0.15) is 0 Å². The number of benzene rings is 3. The maximum Gasteiger partial charge on any atom is 0.174 e. The predicted octanol–water partition coefficient (Wildman–Crippen LogP) is 4.01. The molecule has 0 atom stereocenters. The van der Waals surface area contributed by atoms with Gasteiger partial charge in [0.25, 0.3) is 0 Å². The van der Waals surface area contributed by atoms with Gasteiger partial charge in [-0.05, 0) is 22.9 Å². The smallest absolute Gasteiger partial charge is 0.174 e. The first kappa shape index (κ1) is 15.7. The molecule has 0 bridgehead atoms. The molecule has 4 heteroatoms. The second kappa shape index (κ2) is 6.54. The molecule has 0 aliphatic heterocycles. The molecule has 3 aromatic carbocycles. The van der Waals surface area contributed by atoms with E-state index in [1.165, 1.54) is 19.2 Å². The number of ketones is 2. The molecular weight excluding hydrogens is 304 g/mol. The van der Waals surface area contributed by atoms with Crippen molar-refractivity contribution in [1.82, 2.24) is 0 Å². The summed E-state index contributed by atoms with van der Waals surface area (Å²) in [6.07, 6.45) is -0.298. The molecule has 0 saturated carbocycles. The summed E-state index contributed by atoms with van der Waals surface area (Å²) in [7, 11) is 1.47. The quantitative estimate of drug-likeness (QED) is 0.570. The van der Waals surface area contributed by atoms with Gasteiger partial charge in [0.2, 0.25) is 0 Å². The summed E-state index contributed by atoms with van der Waals surface area (Å²) in [4.78, 5) is 24.9. The van der Waals surface area contributed by atoms with Crippen molar-refractivity contribution in [2.45, 2.75) is 6.42 Å². The molecule has 3 aromatic rings. The van der Waals surface area contributed by atoms with Gasteiger partial charge in [-0.25, -0.2) is 0 Å². The number of Topliss-reactive ketones (excluding diaryl/α,β-unsaturated/α-hetero) is 2. The van der Waals surface area contributed by atoms with Crippen LogP contribution < -0.4 is 4.74 Å². The number of methoxy groups -OCH3 is 1. The van der Waals surface area contributed by atoms with Crippen LogP contribution in [0, 0.1) is 0 Å². The zero-order valence-electron chi connectivity index (χ0n) is 13.2. The van der Waals surface area contributed by atoms with E-state index in [-0.39, 0.29) is 23.5 Å². The standard InChI is InChI=1S/C20H16O4/c1-24-14-9-10-17(18(21)11-14)20(23)12-19(22)16-8-4-6-13-5-2-3-7-15(13)16/h2-11,21H,12H2,1H3. The summed E-state index contributed by atoms with van der Waals surface area (Å²) in [5.41, 5.74) is 0.624. The van der Waals surface area contributed by atoms with Crippen LogP contribution in [0.4, 0.5) is 0 Å². The maximum absolute atomic E-state index is 12.5. The lowest BCUT2D eigenvalue weighted by Crippen LogP contribution is -2.09. The van der Waals surface area contributed by atoms with Crippen molar-refractivity contribution in [3.63, 3.8) is 0 Å². The van der Waals surface area contributed by atoms with Crippen LogP contribution >= 0.6 is 0 Å². The Balaban J connectivity index is 1.87. The van der Waals surface area contributed by atoms with Gasteiger partial charge in [-0.3, -0.25) is 9.59 Å². The van der Waals surface area contributed by atoms with E-state index >= 15 is 0 Å². The monoisotopic (exact) mass is 320 g/mol. The van der Waals surface area contributed by atoms with E-state index in [4.69, 9.17) is 4.74 Å². The lowest BCUT2D eigenvalue weighted by molar-refractivity contribution is 0.0894. The number of hydrogen-bond donors (Lipinski definition) is 1. The van der Waals surface area contributed by atoms with Gasteiger partial charge in [-0.15, -0.1) is 0 Å². The number of hydrogen-bond acceptors (Lipinski definition) is 4. The van der Waals surface area contributed by atoms with Crippen LogP contribution in [0.5, 0.6) is 11.5 Å². The minimum atomic E-state index is -0.423. The third-order valence-corrected chi connectivity index (χ3v) is 3.92. The van der Waals surface area contributed by atoms with Crippen molar-refractivity contribution in [1.29, 1.82) is 0 Å². The van der Waals surface area contributed by atoms with Crippen molar-refractivity contribution < 1.29 is 19.4 Å². The van der Waals surface area contributed by atoms with E-state index in [9.17, 15) is 14.7 Å². The largest absolute Gasteiger partial charge is 0.507 e. The minimum Gasteiger partial charge on any atom is -0.507 e. The lowest BCUT2D eigenvalue weighted by Gasteiger charge is -2.07. The molecule has 0 spiro atoms. The highest BCUT2D eigenvalue weighted by atomic mass is 16.5. The number of aromatic hydroxyl groups is 1. The first-order valence-electron chi connectivity index (χ1n) is 7.51. The molecule has 0 aromatic heterocycles. The highest BCUT2D eigenvalue weighted by molar-refractivity contribution is 6.18. The second-order valence-electron chi connectivity index (χ2n) is 5.43. The van der Waals surface area contributed by atoms with Crippen LogP contribution in [0.25, 0.3) is 10.8 Å².